The van der Waals surface area contributed by atoms with E-state index in [-0.39, 0.29) is 5.41 Å². The lowest BCUT2D eigenvalue weighted by Crippen LogP contribution is -2.45. The Morgan fingerprint density at radius 2 is 2.21 bits per heavy atom. The number of nitrogens with zero attached hydrogens (tertiary/aromatic N) is 3. The fraction of sp³-hybridized carbons (Fsp3) is 0.429. The zero-order chi connectivity index (χ0) is 13.9. The lowest BCUT2D eigenvalue weighted by atomic mass is 9.76. The van der Waals surface area contributed by atoms with Gasteiger partial charge in [-0.05, 0) is 11.4 Å². The van der Waals surface area contributed by atoms with Gasteiger partial charge in [-0.1, -0.05) is 32.6 Å². The summed E-state index contributed by atoms with van der Waals surface area (Å²) in [6, 6.07) is 1.94. The molecule has 100 valence electrons. The summed E-state index contributed by atoms with van der Waals surface area (Å²) in [6.07, 6.45) is 3.04. The number of thiophene rings is 1. The Bertz CT molecular complexity index is 572. The topological polar surface area (TPSA) is 50.9 Å². The number of hydrogen-bond acceptors (Lipinski definition) is 4. The minimum Gasteiger partial charge on any atom is -0.375 e. The van der Waals surface area contributed by atoms with Crippen LogP contribution in [0.25, 0.3) is 0 Å². The molecule has 2 aromatic heterocycles. The lowest BCUT2D eigenvalue weighted by molar-refractivity contribution is -0.0214. The molecule has 0 amide bonds. The van der Waals surface area contributed by atoms with Gasteiger partial charge in [0.05, 0.1) is 6.54 Å². The normalized spacial score (nSPS) is 14.5. The van der Waals surface area contributed by atoms with Crippen LogP contribution < -0.4 is 0 Å². The molecule has 19 heavy (non-hydrogen) atoms. The Balaban J connectivity index is 2.30. The molecule has 2 rings (SSSR count). The highest BCUT2D eigenvalue weighted by Gasteiger charge is 2.39. The predicted octanol–water partition coefficient (Wildman–Crippen LogP) is 2.17. The Kier molecular flexibility index (Phi) is 3.74. The van der Waals surface area contributed by atoms with Gasteiger partial charge in [0.25, 0.3) is 0 Å². The van der Waals surface area contributed by atoms with Crippen LogP contribution in [-0.4, -0.2) is 25.5 Å². The first-order chi connectivity index (χ1) is 8.91. The highest BCUT2D eigenvalue weighted by molar-refractivity contribution is 7.08. The summed E-state index contributed by atoms with van der Waals surface area (Å²) in [6.45, 7) is 6.19. The third kappa shape index (κ3) is 3.22. The van der Waals surface area contributed by atoms with Crippen molar-refractivity contribution in [2.45, 2.75) is 32.9 Å². The van der Waals surface area contributed by atoms with Gasteiger partial charge in [-0.25, -0.2) is 9.67 Å². The van der Waals surface area contributed by atoms with E-state index in [0.29, 0.717) is 6.54 Å². The van der Waals surface area contributed by atoms with Crippen molar-refractivity contribution in [3.8, 4) is 11.8 Å². The van der Waals surface area contributed by atoms with Gasteiger partial charge in [0.1, 0.15) is 18.3 Å². The summed E-state index contributed by atoms with van der Waals surface area (Å²) < 4.78 is 1.60. The van der Waals surface area contributed by atoms with Crippen molar-refractivity contribution in [1.29, 1.82) is 0 Å². The molecular formula is C14H17N3OS. The zero-order valence-corrected chi connectivity index (χ0v) is 12.1. The van der Waals surface area contributed by atoms with Crippen molar-refractivity contribution in [1.82, 2.24) is 14.8 Å². The third-order valence-electron chi connectivity index (χ3n) is 3.03. The van der Waals surface area contributed by atoms with Crippen LogP contribution >= 0.6 is 11.3 Å². The van der Waals surface area contributed by atoms with Crippen LogP contribution in [-0.2, 0) is 6.54 Å². The van der Waals surface area contributed by atoms with Crippen molar-refractivity contribution in [2.75, 3.05) is 0 Å². The first kappa shape index (κ1) is 13.8. The SMILES string of the molecule is CC(C)(C)C(O)(C#Cc1ccsc1)Cn1cncn1. The molecule has 4 nitrogen and oxygen atoms in total. The van der Waals surface area contributed by atoms with Crippen LogP contribution in [0.1, 0.15) is 26.3 Å². The highest BCUT2D eigenvalue weighted by atomic mass is 32.1. The number of aromatic nitrogens is 3. The molecule has 0 aliphatic rings. The number of aliphatic hydroxyl groups is 1. The van der Waals surface area contributed by atoms with Crippen molar-refractivity contribution in [3.63, 3.8) is 0 Å². The van der Waals surface area contributed by atoms with Gasteiger partial charge in [0.2, 0.25) is 0 Å². The first-order valence-corrected chi connectivity index (χ1v) is 6.95. The smallest absolute Gasteiger partial charge is 0.150 e. The molecule has 0 aliphatic heterocycles. The van der Waals surface area contributed by atoms with Crippen molar-refractivity contribution in [2.24, 2.45) is 5.41 Å². The minimum atomic E-state index is -1.16. The number of hydrogen-bond donors (Lipinski definition) is 1. The maximum absolute atomic E-state index is 10.9. The van der Waals surface area contributed by atoms with Gasteiger partial charge in [-0.2, -0.15) is 16.4 Å². The molecule has 0 saturated carbocycles. The Morgan fingerprint density at radius 1 is 1.42 bits per heavy atom. The summed E-state index contributed by atoms with van der Waals surface area (Å²) in [5, 5.41) is 18.8. The van der Waals surface area contributed by atoms with E-state index in [4.69, 9.17) is 0 Å². The second-order valence-corrected chi connectivity index (χ2v) is 6.25. The lowest BCUT2D eigenvalue weighted by Gasteiger charge is -2.35. The molecule has 0 saturated heterocycles. The highest BCUT2D eigenvalue weighted by Crippen LogP contribution is 2.31. The molecule has 0 aromatic carbocycles. The summed E-state index contributed by atoms with van der Waals surface area (Å²) in [4.78, 5) is 3.89. The van der Waals surface area contributed by atoms with Crippen LogP contribution in [0, 0.1) is 17.3 Å². The van der Waals surface area contributed by atoms with E-state index < -0.39 is 5.60 Å². The van der Waals surface area contributed by atoms with E-state index in [1.807, 2.05) is 37.6 Å². The summed E-state index contributed by atoms with van der Waals surface area (Å²) in [5.74, 6) is 6.03. The van der Waals surface area contributed by atoms with E-state index in [1.54, 1.807) is 22.3 Å². The summed E-state index contributed by atoms with van der Waals surface area (Å²) in [5.41, 5.74) is -0.629. The van der Waals surface area contributed by atoms with Crippen LogP contribution in [0.15, 0.2) is 29.5 Å². The monoisotopic (exact) mass is 275 g/mol. The zero-order valence-electron chi connectivity index (χ0n) is 11.3. The van der Waals surface area contributed by atoms with Gasteiger partial charge < -0.3 is 5.11 Å². The predicted molar refractivity (Wildman–Crippen MR) is 75.6 cm³/mol. The fourth-order valence-electron chi connectivity index (χ4n) is 1.52. The average Bonchev–Trinajstić information content (AvgIpc) is 2.97. The fourth-order valence-corrected chi connectivity index (χ4v) is 2.11. The molecule has 1 atom stereocenters. The third-order valence-corrected chi connectivity index (χ3v) is 3.72. The molecule has 0 fully saturated rings. The van der Waals surface area contributed by atoms with Crippen molar-refractivity contribution >= 4 is 11.3 Å². The molecule has 2 aromatic rings. The molecule has 5 heteroatoms. The molecule has 0 bridgehead atoms. The van der Waals surface area contributed by atoms with E-state index in [9.17, 15) is 5.11 Å². The van der Waals surface area contributed by atoms with Gasteiger partial charge in [-0.3, -0.25) is 0 Å². The summed E-state index contributed by atoms with van der Waals surface area (Å²) >= 11 is 1.59. The molecule has 1 unspecified atom stereocenters. The first-order valence-electron chi connectivity index (χ1n) is 6.01. The van der Waals surface area contributed by atoms with Gasteiger partial charge in [-0.15, -0.1) is 0 Å². The molecular weight excluding hydrogens is 258 g/mol. The van der Waals surface area contributed by atoms with Crippen molar-refractivity contribution < 1.29 is 5.11 Å². The molecule has 0 spiro atoms. The Hall–Kier alpha value is -1.64. The van der Waals surface area contributed by atoms with Crippen LogP contribution in [0.3, 0.4) is 0 Å². The van der Waals surface area contributed by atoms with Crippen LogP contribution in [0.5, 0.6) is 0 Å². The molecule has 2 heterocycles. The largest absolute Gasteiger partial charge is 0.375 e. The van der Waals surface area contributed by atoms with Gasteiger partial charge >= 0.3 is 0 Å². The minimum absolute atomic E-state index is 0.299. The van der Waals surface area contributed by atoms with E-state index in [2.05, 4.69) is 21.9 Å². The van der Waals surface area contributed by atoms with Gasteiger partial charge in [0.15, 0.2) is 0 Å². The standard InChI is InChI=1S/C14H17N3OS/c1-13(2,3)14(18,9-17-11-15-10-16-17)6-4-12-5-7-19-8-12/h5,7-8,10-11,18H,9H2,1-3H3. The maximum atomic E-state index is 10.9. The molecule has 1 N–H and O–H groups in total. The average molecular weight is 275 g/mol. The quantitative estimate of drug-likeness (QED) is 0.855. The Morgan fingerprint density at radius 3 is 2.74 bits per heavy atom. The van der Waals surface area contributed by atoms with E-state index in [0.717, 1.165) is 5.56 Å². The number of rotatable bonds is 2. The maximum Gasteiger partial charge on any atom is 0.150 e. The second-order valence-electron chi connectivity index (χ2n) is 5.47. The summed E-state index contributed by atoms with van der Waals surface area (Å²) in [7, 11) is 0. The molecule has 0 aliphatic carbocycles. The second kappa shape index (κ2) is 5.16. The van der Waals surface area contributed by atoms with E-state index >= 15 is 0 Å². The van der Waals surface area contributed by atoms with Crippen LogP contribution in [0.4, 0.5) is 0 Å². The van der Waals surface area contributed by atoms with Crippen LogP contribution in [0.2, 0.25) is 0 Å². The van der Waals surface area contributed by atoms with Crippen molar-refractivity contribution in [3.05, 3.63) is 35.0 Å². The molecule has 0 radical (unpaired) electrons. The Labute approximate surface area is 117 Å². The van der Waals surface area contributed by atoms with Gasteiger partial charge in [0, 0.05) is 16.4 Å². The van der Waals surface area contributed by atoms with E-state index in [1.165, 1.54) is 6.33 Å².